The largest absolute Gasteiger partial charge is 0.337 e. The minimum Gasteiger partial charge on any atom is -0.337 e. The molecule has 2 aliphatic rings. The molecule has 0 saturated heterocycles. The van der Waals surface area contributed by atoms with Crippen LogP contribution in [0.3, 0.4) is 0 Å². The summed E-state index contributed by atoms with van der Waals surface area (Å²) in [6.07, 6.45) is 84.0. The zero-order chi connectivity index (χ0) is 96.6. The van der Waals surface area contributed by atoms with E-state index >= 15 is 17.6 Å². The molecule has 0 spiro atoms. The molecule has 12 rings (SSSR count). The van der Waals surface area contributed by atoms with Gasteiger partial charge in [0, 0.05) is 67.0 Å². The Labute approximate surface area is 837 Å². The van der Waals surface area contributed by atoms with E-state index in [0.29, 0.717) is 11.8 Å². The molecule has 7 aromatic heterocycles. The number of ketones is 2. The maximum Gasteiger partial charge on any atom is 0.270 e. The second kappa shape index (κ2) is 57.7. The molecule has 3 aromatic carbocycles. The number of carbonyl (C=O) groups is 2. The lowest BCUT2D eigenvalue weighted by molar-refractivity contribution is 0.103. The molecular formula is C118H154F4N8O2S5. The third-order valence-corrected chi connectivity index (χ3v) is 35.1. The highest BCUT2D eigenvalue weighted by Gasteiger charge is 2.38. The second-order valence-electron chi connectivity index (χ2n) is 39.8. The zero-order valence-electron chi connectivity index (χ0n) is 83.7. The quantitative estimate of drug-likeness (QED) is 0.0123. The van der Waals surface area contributed by atoms with Gasteiger partial charge in [-0.15, -0.1) is 45.3 Å². The van der Waals surface area contributed by atoms with Gasteiger partial charge in [0.15, 0.2) is 34.8 Å². The van der Waals surface area contributed by atoms with Crippen molar-refractivity contribution in [1.82, 2.24) is 17.9 Å². The van der Waals surface area contributed by atoms with Crippen LogP contribution in [0.25, 0.3) is 105 Å². The number of rotatable bonds is 68. The molecular weight excluding hydrogens is 1800 g/mol. The second-order valence-corrected chi connectivity index (χ2v) is 44.5. The SMILES string of the molecule is [C-]#[N+]\C(C#N)=C1/C(=C/C=C/c2sc3c(sc4c5c6nsnc6c6c7sc8c(CCCCCCCCCCC)c(/C=C/C=C9\C(=O)c%10cc(F)c(F)cc%10\C9=C(\C#N)[N+]#[C-])sc8c7n(CC(CCCCCCCCCC)CCCCCCCCCCCC)c6c5n(CC(CCCCCCCCCC)CCCCCCCCCCCC)c34)c2CCCCCCCCCCC)C(=O)c2cc(F)c(F)cc21. The Morgan fingerprint density at radius 1 is 0.358 bits per heavy atom. The van der Waals surface area contributed by atoms with Gasteiger partial charge >= 0.3 is 0 Å². The van der Waals surface area contributed by atoms with E-state index in [-0.39, 0.29) is 55.9 Å². The van der Waals surface area contributed by atoms with Crippen LogP contribution in [0.4, 0.5) is 17.6 Å². The molecule has 0 bridgehead atoms. The van der Waals surface area contributed by atoms with Gasteiger partial charge in [0.2, 0.25) is 0 Å². The molecule has 10 nitrogen and oxygen atoms in total. The number of benzene rings is 3. The lowest BCUT2D eigenvalue weighted by Gasteiger charge is -2.22. The highest BCUT2D eigenvalue weighted by molar-refractivity contribution is 7.34. The lowest BCUT2D eigenvalue weighted by Crippen LogP contribution is -2.14. The molecule has 2 aliphatic carbocycles. The van der Waals surface area contributed by atoms with E-state index in [1.165, 1.54) is 392 Å². The Bertz CT molecular complexity index is 5620. The first-order valence-electron chi connectivity index (χ1n) is 54.2. The lowest BCUT2D eigenvalue weighted by atomic mass is 9.93. The molecule has 7 heterocycles. The van der Waals surface area contributed by atoms with E-state index in [1.54, 1.807) is 12.2 Å². The molecule has 19 heteroatoms. The molecule has 0 fully saturated rings. The maximum absolute atomic E-state index is 15.3. The number of fused-ring (bicyclic) bond motifs is 16. The molecule has 10 aromatic rings. The molecule has 0 amide bonds. The number of carbonyl (C=O) groups excluding carboxylic acids is 2. The number of hydrogen-bond donors (Lipinski definition) is 0. The van der Waals surface area contributed by atoms with Gasteiger partial charge in [-0.1, -0.05) is 400 Å². The fraction of sp³-hybridized carbons (Fsp3) is 0.593. The monoisotopic (exact) mass is 1950 g/mol. The van der Waals surface area contributed by atoms with Crippen LogP contribution in [0.1, 0.15) is 467 Å². The smallest absolute Gasteiger partial charge is 0.270 e. The summed E-state index contributed by atoms with van der Waals surface area (Å²) in [4.78, 5) is 38.4. The molecule has 0 saturated carbocycles. The van der Waals surface area contributed by atoms with Crippen molar-refractivity contribution < 1.29 is 27.2 Å². The summed E-state index contributed by atoms with van der Waals surface area (Å²) in [5, 5.41) is 23.2. The van der Waals surface area contributed by atoms with E-state index in [1.807, 2.05) is 69.6 Å². The molecule has 137 heavy (non-hydrogen) atoms. The summed E-state index contributed by atoms with van der Waals surface area (Å²) in [5.74, 6) is -5.06. The van der Waals surface area contributed by atoms with Gasteiger partial charge in [-0.05, 0) is 122 Å². The van der Waals surface area contributed by atoms with Crippen LogP contribution in [0, 0.1) is 70.9 Å². The summed E-state index contributed by atoms with van der Waals surface area (Å²) in [5.41, 5.74) is 8.75. The van der Waals surface area contributed by atoms with Crippen LogP contribution in [-0.2, 0) is 25.9 Å². The van der Waals surface area contributed by atoms with Gasteiger partial charge in [-0.25, -0.2) is 37.8 Å². The van der Waals surface area contributed by atoms with Gasteiger partial charge in [-0.2, -0.15) is 8.75 Å². The summed E-state index contributed by atoms with van der Waals surface area (Å²) in [7, 11) is 0. The Balaban J connectivity index is 1.11. The number of hydrogen-bond acceptors (Lipinski definition) is 11. The van der Waals surface area contributed by atoms with E-state index in [9.17, 15) is 20.1 Å². The van der Waals surface area contributed by atoms with E-state index in [4.69, 9.17) is 21.9 Å². The summed E-state index contributed by atoms with van der Waals surface area (Å²) >= 11 is 8.78. The van der Waals surface area contributed by atoms with Gasteiger partial charge < -0.3 is 9.13 Å². The van der Waals surface area contributed by atoms with E-state index < -0.39 is 34.8 Å². The minimum atomic E-state index is -1.17. The number of halogens is 4. The number of nitrogens with zero attached hydrogens (tertiary/aromatic N) is 8. The fourth-order valence-corrected chi connectivity index (χ4v) is 28.1. The zero-order valence-corrected chi connectivity index (χ0v) is 87.8. The molecule has 0 aliphatic heterocycles. The van der Waals surface area contributed by atoms with Crippen LogP contribution < -0.4 is 0 Å². The highest BCUT2D eigenvalue weighted by atomic mass is 32.1. The standard InChI is InChI=1S/C118H154F4N8O2S5/c1-9-15-21-27-33-39-43-47-53-59-67-83(65-57-51-45-37-31-25-19-13-5)81-129-107-103(115-109(129)117-113(135-115)85(69-61-55-49-41-35-29-23-17-11-3)99(133-117)73-63-71-87-101(97(79-123)125-7)89-75-93(119)95(121)77-91(89)111(87)131)105-106(128-137-127-105)104-108(107)130(82-84(66-58-52-46-38-32-26-20-14-6)68-60-54-48-44-40-34-28-22-16-10-2)110-116(104)136-114-86(70-62-56-50-42-36-30-24-18-12-4)100(134-118(110)114)74-64-72-88-102(98(80-124)126-8)90-76-94(120)96(122)78-92(90)112(88)132/h63-64,71-78,83-84H,9-62,65-70,81-82H2,1-6H3/b73-63+,74-64+,87-71-,88-72-,101-97-,102-98+. The molecule has 2 atom stereocenters. The first-order valence-corrected chi connectivity index (χ1v) is 58.2. The number of aromatic nitrogens is 4. The average Bonchev–Trinajstić information content (AvgIpc) is 1.50. The van der Waals surface area contributed by atoms with Gasteiger partial charge in [-0.3, -0.25) is 9.59 Å². The van der Waals surface area contributed by atoms with Crippen molar-refractivity contribution in [2.75, 3.05) is 0 Å². The number of nitriles is 2. The maximum atomic E-state index is 15.3. The highest BCUT2D eigenvalue weighted by Crippen LogP contribution is 2.56. The van der Waals surface area contributed by atoms with Gasteiger partial charge in [0.25, 0.3) is 11.4 Å². The van der Waals surface area contributed by atoms with Crippen molar-refractivity contribution >= 4 is 164 Å². The molecule has 0 radical (unpaired) electrons. The predicted molar refractivity (Wildman–Crippen MR) is 580 cm³/mol. The van der Waals surface area contributed by atoms with Crippen molar-refractivity contribution in [3.63, 3.8) is 0 Å². The van der Waals surface area contributed by atoms with Crippen molar-refractivity contribution in [2.24, 2.45) is 11.8 Å². The van der Waals surface area contributed by atoms with E-state index in [0.717, 1.165) is 135 Å². The van der Waals surface area contributed by atoms with Crippen LogP contribution in [0.5, 0.6) is 0 Å². The Morgan fingerprint density at radius 3 is 0.891 bits per heavy atom. The Kier molecular flexibility index (Phi) is 45.4. The van der Waals surface area contributed by atoms with Crippen molar-refractivity contribution in [1.29, 1.82) is 10.5 Å². The number of thiophene rings is 4. The van der Waals surface area contributed by atoms with Crippen molar-refractivity contribution in [3.05, 3.63) is 160 Å². The first kappa shape index (κ1) is 108. The van der Waals surface area contributed by atoms with Crippen molar-refractivity contribution in [2.45, 2.75) is 440 Å². The minimum absolute atomic E-state index is 0.0173. The third-order valence-electron chi connectivity index (χ3n) is 29.4. The topological polar surface area (TPSA) is 126 Å². The first-order chi connectivity index (χ1) is 67.2. The van der Waals surface area contributed by atoms with Crippen LogP contribution in [0.15, 0.2) is 71.1 Å². The van der Waals surface area contributed by atoms with Gasteiger partial charge in [0.05, 0.1) is 87.3 Å². The third kappa shape index (κ3) is 28.2. The molecule has 736 valence electrons. The summed E-state index contributed by atoms with van der Waals surface area (Å²) in [6, 6.07) is 7.62. The number of aryl methyl sites for hydroxylation is 2. The Hall–Kier alpha value is -8.14. The van der Waals surface area contributed by atoms with E-state index in [2.05, 4.69) is 72.5 Å². The summed E-state index contributed by atoms with van der Waals surface area (Å²) in [6.45, 7) is 31.6. The number of Topliss-reactive ketones (excluding diaryl/α,β-unsaturated/α-hetero) is 2. The number of unbranched alkanes of at least 4 members (excludes halogenated alkanes) is 48. The fourth-order valence-electron chi connectivity index (χ4n) is 21.7. The Morgan fingerprint density at radius 2 is 0.620 bits per heavy atom. The van der Waals surface area contributed by atoms with Crippen LogP contribution in [0.2, 0.25) is 0 Å². The molecule has 0 N–H and O–H groups in total. The van der Waals surface area contributed by atoms with Crippen LogP contribution >= 0.6 is 57.1 Å². The number of allylic oxidation sites excluding steroid dienone is 10. The molecule has 2 unspecified atom stereocenters. The van der Waals surface area contributed by atoms with Crippen molar-refractivity contribution in [3.8, 4) is 12.1 Å². The van der Waals surface area contributed by atoms with Gasteiger partial charge in [0.1, 0.15) is 11.0 Å². The predicted octanol–water partition coefficient (Wildman–Crippen LogP) is 40.1. The van der Waals surface area contributed by atoms with Crippen LogP contribution in [-0.4, -0.2) is 29.4 Å². The normalized spacial score (nSPS) is 14.8. The average molecular weight is 1950 g/mol. The summed E-state index contributed by atoms with van der Waals surface area (Å²) < 4.78 is 85.2.